The van der Waals surface area contributed by atoms with Crippen molar-refractivity contribution in [2.75, 3.05) is 39.3 Å². The molecule has 1 aromatic rings. The molecule has 136 valence electrons. The summed E-state index contributed by atoms with van der Waals surface area (Å²) in [7, 11) is 0. The van der Waals surface area contributed by atoms with Crippen molar-refractivity contribution in [2.24, 2.45) is 4.99 Å². The highest BCUT2D eigenvalue weighted by Gasteiger charge is 2.09. The summed E-state index contributed by atoms with van der Waals surface area (Å²) in [4.78, 5) is 7.13. The molecule has 0 atom stereocenters. The molecule has 1 aliphatic rings. The Labute approximate surface area is 162 Å². The summed E-state index contributed by atoms with van der Waals surface area (Å²) in [6.45, 7) is 8.14. The van der Waals surface area contributed by atoms with E-state index in [4.69, 9.17) is 0 Å². The minimum atomic E-state index is -0.176. The molecule has 24 heavy (non-hydrogen) atoms. The number of aliphatic imine (C=N–C) groups is 1. The molecular formula is C18H30FIN4. The number of nitrogens with one attached hydrogen (secondary N) is 2. The van der Waals surface area contributed by atoms with E-state index in [1.807, 2.05) is 6.07 Å². The second kappa shape index (κ2) is 12.5. The smallest absolute Gasteiger partial charge is 0.191 e. The lowest BCUT2D eigenvalue weighted by Gasteiger charge is -2.14. The third kappa shape index (κ3) is 8.28. The second-order valence-corrected chi connectivity index (χ2v) is 5.97. The molecule has 0 amide bonds. The van der Waals surface area contributed by atoms with Crippen LogP contribution in [-0.4, -0.2) is 50.1 Å². The molecule has 0 aromatic heterocycles. The molecule has 0 spiro atoms. The van der Waals surface area contributed by atoms with Crippen LogP contribution in [0.3, 0.4) is 0 Å². The van der Waals surface area contributed by atoms with Crippen LogP contribution in [0.5, 0.6) is 0 Å². The van der Waals surface area contributed by atoms with E-state index in [-0.39, 0.29) is 29.8 Å². The topological polar surface area (TPSA) is 39.7 Å². The first-order chi connectivity index (χ1) is 11.3. The SMILES string of the molecule is CCNC(=NCCCN1CCCC1)NCCc1cccc(F)c1.I. The van der Waals surface area contributed by atoms with Crippen LogP contribution in [0.15, 0.2) is 29.3 Å². The monoisotopic (exact) mass is 448 g/mol. The van der Waals surface area contributed by atoms with E-state index >= 15 is 0 Å². The minimum Gasteiger partial charge on any atom is -0.357 e. The van der Waals surface area contributed by atoms with Crippen LogP contribution in [0, 0.1) is 5.82 Å². The highest BCUT2D eigenvalue weighted by Crippen LogP contribution is 2.07. The van der Waals surface area contributed by atoms with Crippen LogP contribution in [0.4, 0.5) is 4.39 Å². The van der Waals surface area contributed by atoms with E-state index in [2.05, 4.69) is 27.4 Å². The molecule has 1 aliphatic heterocycles. The summed E-state index contributed by atoms with van der Waals surface area (Å²) in [6, 6.07) is 6.76. The average molecular weight is 448 g/mol. The van der Waals surface area contributed by atoms with Gasteiger partial charge in [-0.3, -0.25) is 4.99 Å². The zero-order valence-corrected chi connectivity index (χ0v) is 16.9. The van der Waals surface area contributed by atoms with Crippen molar-refractivity contribution in [2.45, 2.75) is 32.6 Å². The molecule has 0 aliphatic carbocycles. The number of guanidine groups is 1. The van der Waals surface area contributed by atoms with Gasteiger partial charge in [-0.1, -0.05) is 12.1 Å². The molecule has 0 radical (unpaired) electrons. The van der Waals surface area contributed by atoms with E-state index < -0.39 is 0 Å². The maximum absolute atomic E-state index is 13.1. The van der Waals surface area contributed by atoms with Crippen LogP contribution < -0.4 is 10.6 Å². The van der Waals surface area contributed by atoms with Gasteiger partial charge in [0.15, 0.2) is 5.96 Å². The van der Waals surface area contributed by atoms with Gasteiger partial charge in [0.2, 0.25) is 0 Å². The van der Waals surface area contributed by atoms with Crippen molar-refractivity contribution in [1.82, 2.24) is 15.5 Å². The summed E-state index contributed by atoms with van der Waals surface area (Å²) in [5.74, 6) is 0.676. The lowest BCUT2D eigenvalue weighted by molar-refractivity contribution is 0.336. The van der Waals surface area contributed by atoms with Crippen LogP contribution in [0.25, 0.3) is 0 Å². The van der Waals surface area contributed by atoms with Gasteiger partial charge >= 0.3 is 0 Å². The van der Waals surface area contributed by atoms with Gasteiger partial charge < -0.3 is 15.5 Å². The Morgan fingerprint density at radius 1 is 1.25 bits per heavy atom. The fourth-order valence-electron chi connectivity index (χ4n) is 2.85. The largest absolute Gasteiger partial charge is 0.357 e. The summed E-state index contributed by atoms with van der Waals surface area (Å²) in [6.07, 6.45) is 4.57. The molecule has 1 fully saturated rings. The molecular weight excluding hydrogens is 418 g/mol. The number of likely N-dealkylation sites (tertiary alicyclic amines) is 1. The quantitative estimate of drug-likeness (QED) is 0.278. The van der Waals surface area contributed by atoms with Crippen LogP contribution in [0.1, 0.15) is 31.7 Å². The van der Waals surface area contributed by atoms with Crippen LogP contribution in [0.2, 0.25) is 0 Å². The summed E-state index contributed by atoms with van der Waals surface area (Å²) in [5.41, 5.74) is 1.00. The Bertz CT molecular complexity index is 490. The van der Waals surface area contributed by atoms with Crippen LogP contribution in [-0.2, 0) is 6.42 Å². The van der Waals surface area contributed by atoms with E-state index in [1.165, 1.54) is 32.0 Å². The third-order valence-electron chi connectivity index (χ3n) is 4.04. The second-order valence-electron chi connectivity index (χ2n) is 5.97. The summed E-state index contributed by atoms with van der Waals surface area (Å²) < 4.78 is 13.1. The van der Waals surface area contributed by atoms with Crippen molar-refractivity contribution in [1.29, 1.82) is 0 Å². The average Bonchev–Trinajstić information content (AvgIpc) is 3.05. The van der Waals surface area contributed by atoms with Crippen molar-refractivity contribution < 1.29 is 4.39 Å². The lowest BCUT2D eigenvalue weighted by atomic mass is 10.1. The zero-order chi connectivity index (χ0) is 16.3. The molecule has 4 nitrogen and oxygen atoms in total. The highest BCUT2D eigenvalue weighted by atomic mass is 127. The van der Waals surface area contributed by atoms with Gasteiger partial charge in [-0.25, -0.2) is 4.39 Å². The van der Waals surface area contributed by atoms with E-state index in [0.29, 0.717) is 0 Å². The molecule has 6 heteroatoms. The molecule has 1 aromatic carbocycles. The van der Waals surface area contributed by atoms with Gasteiger partial charge in [0.05, 0.1) is 0 Å². The first kappa shape index (κ1) is 21.2. The number of hydrogen-bond acceptors (Lipinski definition) is 2. The predicted molar refractivity (Wildman–Crippen MR) is 110 cm³/mol. The maximum Gasteiger partial charge on any atom is 0.191 e. The summed E-state index contributed by atoms with van der Waals surface area (Å²) >= 11 is 0. The zero-order valence-electron chi connectivity index (χ0n) is 14.6. The Balaban J connectivity index is 0.00000288. The molecule has 1 saturated heterocycles. The molecule has 0 bridgehead atoms. The van der Waals surface area contributed by atoms with Crippen molar-refractivity contribution in [3.63, 3.8) is 0 Å². The molecule has 0 saturated carbocycles. The van der Waals surface area contributed by atoms with Crippen LogP contribution >= 0.6 is 24.0 Å². The van der Waals surface area contributed by atoms with E-state index in [0.717, 1.165) is 50.5 Å². The number of rotatable bonds is 8. The standard InChI is InChI=1S/C18H29FN4.HI/c1-2-20-18(21-10-6-14-23-12-3-4-13-23)22-11-9-16-7-5-8-17(19)15-16;/h5,7-8,15H,2-4,6,9-14H2,1H3,(H2,20,21,22);1H. The lowest BCUT2D eigenvalue weighted by Crippen LogP contribution is -2.38. The molecule has 1 heterocycles. The van der Waals surface area contributed by atoms with Gasteiger partial charge in [0.25, 0.3) is 0 Å². The Morgan fingerprint density at radius 3 is 2.75 bits per heavy atom. The van der Waals surface area contributed by atoms with Gasteiger partial charge in [0.1, 0.15) is 5.82 Å². The number of benzene rings is 1. The number of nitrogens with zero attached hydrogens (tertiary/aromatic N) is 2. The van der Waals surface area contributed by atoms with Gasteiger partial charge in [-0.15, -0.1) is 24.0 Å². The van der Waals surface area contributed by atoms with Crippen molar-refractivity contribution in [3.05, 3.63) is 35.6 Å². The first-order valence-electron chi connectivity index (χ1n) is 8.77. The van der Waals surface area contributed by atoms with E-state index in [1.54, 1.807) is 12.1 Å². The summed E-state index contributed by atoms with van der Waals surface area (Å²) in [5, 5.41) is 6.58. The normalized spacial score (nSPS) is 15.2. The van der Waals surface area contributed by atoms with Gasteiger partial charge in [-0.05, 0) is 69.9 Å². The number of halogens is 2. The Kier molecular flexibility index (Phi) is 11.0. The molecule has 0 unspecified atom stereocenters. The number of hydrogen-bond donors (Lipinski definition) is 2. The highest BCUT2D eigenvalue weighted by molar-refractivity contribution is 14.0. The Morgan fingerprint density at radius 2 is 2.04 bits per heavy atom. The minimum absolute atomic E-state index is 0. The van der Waals surface area contributed by atoms with Gasteiger partial charge in [-0.2, -0.15) is 0 Å². The van der Waals surface area contributed by atoms with Crippen molar-refractivity contribution >= 4 is 29.9 Å². The predicted octanol–water partition coefficient (Wildman–Crippen LogP) is 3.03. The molecule has 2 N–H and O–H groups in total. The maximum atomic E-state index is 13.1. The third-order valence-corrected chi connectivity index (χ3v) is 4.04. The fourth-order valence-corrected chi connectivity index (χ4v) is 2.85. The van der Waals surface area contributed by atoms with E-state index in [9.17, 15) is 4.39 Å². The molecule has 2 rings (SSSR count). The fraction of sp³-hybridized carbons (Fsp3) is 0.611. The first-order valence-corrected chi connectivity index (χ1v) is 8.77. The van der Waals surface area contributed by atoms with Gasteiger partial charge in [0, 0.05) is 19.6 Å². The Hall–Kier alpha value is -0.890. The van der Waals surface area contributed by atoms with Crippen molar-refractivity contribution in [3.8, 4) is 0 Å².